The number of rotatable bonds is 6. The molecule has 0 fully saturated rings. The Labute approximate surface area is 69.0 Å². The average Bonchev–Trinajstić information content (AvgIpc) is 1.98. The van der Waals surface area contributed by atoms with Crippen LogP contribution in [0.25, 0.3) is 0 Å². The van der Waals surface area contributed by atoms with Crippen LogP contribution in [0.4, 0.5) is 0 Å². The van der Waals surface area contributed by atoms with E-state index in [9.17, 15) is 14.9 Å². The van der Waals surface area contributed by atoms with Crippen LogP contribution in [0.15, 0.2) is 0 Å². The van der Waals surface area contributed by atoms with Crippen molar-refractivity contribution in [2.75, 3.05) is 19.7 Å². The molecule has 7 nitrogen and oxygen atoms in total. The third-order valence-electron chi connectivity index (χ3n) is 0.992. The molecule has 0 unspecified atom stereocenters. The normalized spacial score (nSPS) is 9.08. The first-order valence-corrected chi connectivity index (χ1v) is 3.41. The fourth-order valence-corrected chi connectivity index (χ4v) is 0.530. The van der Waals surface area contributed by atoms with E-state index in [1.54, 1.807) is 0 Å². The Morgan fingerprint density at radius 3 is 2.83 bits per heavy atom. The maximum Gasteiger partial charge on any atom is 0.294 e. The summed E-state index contributed by atoms with van der Waals surface area (Å²) < 4.78 is 0. The quantitative estimate of drug-likeness (QED) is 0.296. The predicted octanol–water partition coefficient (Wildman–Crippen LogP) is -1.34. The molecule has 0 spiro atoms. The molecule has 7 heteroatoms. The Kier molecular flexibility index (Phi) is 5.62. The smallest absolute Gasteiger partial charge is 0.294 e. The Hall–Kier alpha value is -1.37. The Morgan fingerprint density at radius 1 is 1.67 bits per heavy atom. The van der Waals surface area contributed by atoms with E-state index >= 15 is 0 Å². The molecule has 0 saturated heterocycles. The number of nitrogens with one attached hydrogen (secondary N) is 1. The van der Waals surface area contributed by atoms with Gasteiger partial charge in [0.15, 0.2) is 0 Å². The van der Waals surface area contributed by atoms with Gasteiger partial charge in [-0.3, -0.25) is 4.79 Å². The second kappa shape index (κ2) is 6.35. The van der Waals surface area contributed by atoms with Gasteiger partial charge < -0.3 is 15.9 Å². The molecule has 0 heterocycles. The molecule has 0 aliphatic carbocycles. The lowest BCUT2D eigenvalue weighted by Crippen LogP contribution is -2.29. The van der Waals surface area contributed by atoms with Gasteiger partial charge in [0.05, 0.1) is 0 Å². The molecule has 0 rings (SSSR count). The summed E-state index contributed by atoms with van der Waals surface area (Å²) in [6, 6.07) is 0. The number of hydrogen-bond donors (Lipinski definition) is 2. The van der Waals surface area contributed by atoms with E-state index in [-0.39, 0.29) is 32.0 Å². The van der Waals surface area contributed by atoms with Gasteiger partial charge in [-0.15, -0.1) is 10.1 Å². The van der Waals surface area contributed by atoms with E-state index in [0.717, 1.165) is 0 Å². The molecule has 0 aliphatic heterocycles. The molecule has 0 aromatic heterocycles. The Balaban J connectivity index is 3.19. The zero-order chi connectivity index (χ0) is 9.40. The maximum atomic E-state index is 10.7. The summed E-state index contributed by atoms with van der Waals surface area (Å²) in [5.41, 5.74) is 5.08. The van der Waals surface area contributed by atoms with E-state index in [0.29, 0.717) is 0 Å². The summed E-state index contributed by atoms with van der Waals surface area (Å²) in [5, 5.41) is 11.1. The minimum Gasteiger partial charge on any atom is -0.354 e. The van der Waals surface area contributed by atoms with Gasteiger partial charge >= 0.3 is 0 Å². The van der Waals surface area contributed by atoms with Crippen molar-refractivity contribution >= 4 is 5.91 Å². The molecule has 1 amide bonds. The summed E-state index contributed by atoms with van der Waals surface area (Å²) in [6.45, 7) is 0.255. The van der Waals surface area contributed by atoms with Crippen molar-refractivity contribution in [2.45, 2.75) is 6.42 Å². The minimum atomic E-state index is -0.908. The van der Waals surface area contributed by atoms with Gasteiger partial charge in [0.2, 0.25) is 5.91 Å². The lowest BCUT2D eigenvalue weighted by Gasteiger charge is -2.01. The number of amides is 1. The van der Waals surface area contributed by atoms with E-state index in [1.807, 2.05) is 0 Å². The van der Waals surface area contributed by atoms with Crippen LogP contribution in [0.1, 0.15) is 6.42 Å². The summed E-state index contributed by atoms with van der Waals surface area (Å²) in [6.07, 6.45) is 0.221. The average molecular weight is 177 g/mol. The van der Waals surface area contributed by atoms with Gasteiger partial charge in [0, 0.05) is 19.5 Å². The molecular weight excluding hydrogens is 166 g/mol. The molecule has 0 atom stereocenters. The van der Waals surface area contributed by atoms with E-state index in [1.165, 1.54) is 0 Å². The molecule has 0 aromatic rings. The highest BCUT2D eigenvalue weighted by Gasteiger charge is 1.98. The topological polar surface area (TPSA) is 107 Å². The highest BCUT2D eigenvalue weighted by Crippen LogP contribution is 1.76. The summed E-state index contributed by atoms with van der Waals surface area (Å²) in [7, 11) is 0. The first kappa shape index (κ1) is 10.6. The molecule has 0 aromatic carbocycles. The van der Waals surface area contributed by atoms with Crippen molar-refractivity contribution in [1.82, 2.24) is 5.32 Å². The largest absolute Gasteiger partial charge is 0.354 e. The zero-order valence-electron chi connectivity index (χ0n) is 6.49. The minimum absolute atomic E-state index is 0.125. The summed E-state index contributed by atoms with van der Waals surface area (Å²) in [4.78, 5) is 24.2. The lowest BCUT2D eigenvalue weighted by atomic mass is 10.4. The SMILES string of the molecule is NCCC(=O)NCCO[N+](=O)[O-]. The van der Waals surface area contributed by atoms with Crippen molar-refractivity contribution in [3.8, 4) is 0 Å². The molecule has 0 bridgehead atoms. The Bertz CT molecular complexity index is 161. The lowest BCUT2D eigenvalue weighted by molar-refractivity contribution is -0.757. The second-order valence-corrected chi connectivity index (χ2v) is 1.95. The first-order chi connectivity index (χ1) is 5.66. The van der Waals surface area contributed by atoms with Crippen molar-refractivity contribution in [3.05, 3.63) is 10.1 Å². The Morgan fingerprint density at radius 2 is 2.33 bits per heavy atom. The van der Waals surface area contributed by atoms with Crippen LogP contribution in [-0.2, 0) is 9.63 Å². The molecule has 0 radical (unpaired) electrons. The van der Waals surface area contributed by atoms with Gasteiger partial charge in [-0.25, -0.2) is 0 Å². The number of nitrogens with zero attached hydrogens (tertiary/aromatic N) is 1. The van der Waals surface area contributed by atoms with E-state index < -0.39 is 5.09 Å². The van der Waals surface area contributed by atoms with Crippen molar-refractivity contribution in [2.24, 2.45) is 5.73 Å². The maximum absolute atomic E-state index is 10.7. The second-order valence-electron chi connectivity index (χ2n) is 1.95. The zero-order valence-corrected chi connectivity index (χ0v) is 6.49. The summed E-state index contributed by atoms with van der Waals surface area (Å²) in [5.74, 6) is -0.232. The number of hydrogen-bond acceptors (Lipinski definition) is 5. The molecule has 0 saturated carbocycles. The highest BCUT2D eigenvalue weighted by molar-refractivity contribution is 5.75. The van der Waals surface area contributed by atoms with Crippen molar-refractivity contribution in [1.29, 1.82) is 0 Å². The van der Waals surface area contributed by atoms with Crippen LogP contribution in [-0.4, -0.2) is 30.7 Å². The van der Waals surface area contributed by atoms with Crippen molar-refractivity contribution < 1.29 is 14.7 Å². The van der Waals surface area contributed by atoms with Gasteiger partial charge in [-0.1, -0.05) is 0 Å². The van der Waals surface area contributed by atoms with E-state index in [2.05, 4.69) is 10.2 Å². The predicted molar refractivity (Wildman–Crippen MR) is 39.6 cm³/mol. The fraction of sp³-hybridized carbons (Fsp3) is 0.800. The van der Waals surface area contributed by atoms with Gasteiger partial charge in [0.25, 0.3) is 5.09 Å². The van der Waals surface area contributed by atoms with Gasteiger partial charge in [0.1, 0.15) is 6.61 Å². The molecule has 12 heavy (non-hydrogen) atoms. The van der Waals surface area contributed by atoms with Gasteiger partial charge in [-0.2, -0.15) is 0 Å². The van der Waals surface area contributed by atoms with Crippen LogP contribution < -0.4 is 11.1 Å². The van der Waals surface area contributed by atoms with Crippen LogP contribution in [0.5, 0.6) is 0 Å². The molecular formula is C5H11N3O4. The van der Waals surface area contributed by atoms with Gasteiger partial charge in [-0.05, 0) is 0 Å². The third-order valence-corrected chi connectivity index (χ3v) is 0.992. The third kappa shape index (κ3) is 6.75. The van der Waals surface area contributed by atoms with E-state index in [4.69, 9.17) is 5.73 Å². The number of carbonyl (C=O) groups is 1. The molecule has 0 aliphatic rings. The van der Waals surface area contributed by atoms with Crippen LogP contribution in [0, 0.1) is 10.1 Å². The highest BCUT2D eigenvalue weighted by atomic mass is 16.9. The summed E-state index contributed by atoms with van der Waals surface area (Å²) >= 11 is 0. The number of carbonyl (C=O) groups excluding carboxylic acids is 1. The van der Waals surface area contributed by atoms with Crippen LogP contribution in [0.2, 0.25) is 0 Å². The molecule has 3 N–H and O–H groups in total. The number of nitrogens with two attached hydrogens (primary N) is 1. The van der Waals surface area contributed by atoms with Crippen LogP contribution >= 0.6 is 0 Å². The standard InChI is InChI=1S/C5H11N3O4/c6-2-1-5(9)7-3-4-12-8(10)11/h1-4,6H2,(H,7,9). The first-order valence-electron chi connectivity index (χ1n) is 3.41. The van der Waals surface area contributed by atoms with Crippen LogP contribution in [0.3, 0.4) is 0 Å². The fourth-order valence-electron chi connectivity index (χ4n) is 0.530. The molecule has 70 valence electrons. The monoisotopic (exact) mass is 177 g/mol. The van der Waals surface area contributed by atoms with Crippen molar-refractivity contribution in [3.63, 3.8) is 0 Å².